The molecule has 0 atom stereocenters. The molecule has 4 nitrogen and oxygen atoms in total. The lowest BCUT2D eigenvalue weighted by Crippen LogP contribution is -2.33. The Morgan fingerprint density at radius 1 is 0.472 bits per heavy atom. The van der Waals surface area contributed by atoms with Gasteiger partial charge in [0.05, 0.1) is 4.90 Å². The molecule has 5 aromatic carbocycles. The van der Waals surface area contributed by atoms with Crippen LogP contribution >= 0.6 is 0 Å². The van der Waals surface area contributed by atoms with Crippen LogP contribution in [0.3, 0.4) is 0 Å². The maximum atomic E-state index is 10.4. The fraction of sp³-hybridized carbons (Fsp3) is 0.0323. The van der Waals surface area contributed by atoms with Crippen molar-refractivity contribution in [1.82, 2.24) is 4.48 Å². The zero-order valence-electron chi connectivity index (χ0n) is 19.9. The van der Waals surface area contributed by atoms with E-state index in [4.69, 9.17) is 0 Å². The molecule has 36 heavy (non-hydrogen) atoms. The second-order valence-corrected chi connectivity index (χ2v) is 9.66. The molecule has 0 amide bonds. The zero-order valence-corrected chi connectivity index (χ0v) is 20.8. The number of quaternary nitrogens is 1. The summed E-state index contributed by atoms with van der Waals surface area (Å²) in [6, 6.07) is 48.5. The van der Waals surface area contributed by atoms with Crippen molar-refractivity contribution in [3.63, 3.8) is 0 Å². The van der Waals surface area contributed by atoms with Gasteiger partial charge in [-0.15, -0.1) is 0 Å². The van der Waals surface area contributed by atoms with Gasteiger partial charge in [0.25, 0.3) is 0 Å². The minimum absolute atomic E-state index is 0.178. The maximum absolute atomic E-state index is 10.4. The van der Waals surface area contributed by atoms with Crippen LogP contribution in [0.1, 0.15) is 5.56 Å². The summed E-state index contributed by atoms with van der Waals surface area (Å²) in [5.74, 6) is 0. The maximum Gasteiger partial charge on any atom is 0.148 e. The standard InChI is InChI=1S/C24H20N.C7H8O3S/c1-5-13-21(14-6-1)25(22-15-7-2-8-16-22,23-17-9-3-10-18-23)24-19-11-4-12-20-24;1-6-2-4-7(5-3-6)11(8,9)10/h1-20H;2-5H,1H3,(H,8,9,10)/q+1;/p-1. The number of benzene rings is 5. The highest BCUT2D eigenvalue weighted by atomic mass is 32.2. The van der Waals surface area contributed by atoms with Crippen molar-refractivity contribution in [2.24, 2.45) is 0 Å². The van der Waals surface area contributed by atoms with E-state index in [0.717, 1.165) is 5.56 Å². The van der Waals surface area contributed by atoms with Gasteiger partial charge in [-0.25, -0.2) is 8.42 Å². The van der Waals surface area contributed by atoms with Crippen molar-refractivity contribution in [3.05, 3.63) is 151 Å². The second kappa shape index (κ2) is 11.1. The van der Waals surface area contributed by atoms with E-state index in [9.17, 15) is 13.0 Å². The normalized spacial score (nSPS) is 11.3. The van der Waals surface area contributed by atoms with E-state index in [-0.39, 0.29) is 4.90 Å². The molecule has 5 aromatic rings. The Morgan fingerprint density at radius 2 is 0.750 bits per heavy atom. The number of para-hydroxylation sites is 4. The van der Waals surface area contributed by atoms with Crippen LogP contribution in [0.25, 0.3) is 0 Å². The van der Waals surface area contributed by atoms with Crippen LogP contribution in [-0.4, -0.2) is 13.0 Å². The highest BCUT2D eigenvalue weighted by molar-refractivity contribution is 7.85. The lowest BCUT2D eigenvalue weighted by atomic mass is 10.1. The molecule has 0 aliphatic heterocycles. The van der Waals surface area contributed by atoms with Crippen molar-refractivity contribution in [2.45, 2.75) is 11.8 Å². The summed E-state index contributed by atoms with van der Waals surface area (Å²) in [6.45, 7) is 1.82. The Bertz CT molecular complexity index is 1310. The molecule has 180 valence electrons. The number of nitrogens with zero attached hydrogens (tertiary/aromatic N) is 1. The van der Waals surface area contributed by atoms with Gasteiger partial charge in [0, 0.05) is 48.5 Å². The second-order valence-electron chi connectivity index (χ2n) is 8.28. The monoisotopic (exact) mass is 493 g/mol. The summed E-state index contributed by atoms with van der Waals surface area (Å²) in [5, 5.41) is 0. The predicted molar refractivity (Wildman–Crippen MR) is 146 cm³/mol. The number of hydrogen-bond acceptors (Lipinski definition) is 3. The third-order valence-corrected chi connectivity index (χ3v) is 6.73. The number of aryl methyl sites for hydroxylation is 1. The highest BCUT2D eigenvalue weighted by Gasteiger charge is 2.38. The van der Waals surface area contributed by atoms with Crippen LogP contribution in [0.5, 0.6) is 0 Å². The van der Waals surface area contributed by atoms with Crippen LogP contribution in [0.2, 0.25) is 0 Å². The van der Waals surface area contributed by atoms with E-state index < -0.39 is 10.1 Å². The van der Waals surface area contributed by atoms with Crippen LogP contribution in [0.15, 0.2) is 150 Å². The number of rotatable bonds is 5. The first-order valence-corrected chi connectivity index (χ1v) is 13.0. The molecule has 0 saturated carbocycles. The third kappa shape index (κ3) is 5.44. The van der Waals surface area contributed by atoms with Gasteiger partial charge < -0.3 is 4.55 Å². The van der Waals surface area contributed by atoms with Crippen LogP contribution in [-0.2, 0) is 10.1 Å². The zero-order chi connectivity index (χ0) is 25.4. The Hall–Kier alpha value is -4.03. The third-order valence-electron chi connectivity index (χ3n) is 5.88. The molecule has 0 heterocycles. The van der Waals surface area contributed by atoms with Crippen molar-refractivity contribution in [2.75, 3.05) is 0 Å². The molecule has 5 rings (SSSR count). The van der Waals surface area contributed by atoms with Crippen LogP contribution in [0, 0.1) is 6.92 Å². The molecule has 0 N–H and O–H groups in total. The lowest BCUT2D eigenvalue weighted by Gasteiger charge is -2.37. The van der Waals surface area contributed by atoms with Gasteiger partial charge in [-0.1, -0.05) is 90.5 Å². The Balaban J connectivity index is 0.000000233. The smallest absolute Gasteiger partial charge is 0.148 e. The van der Waals surface area contributed by atoms with E-state index in [0.29, 0.717) is 4.48 Å². The first-order chi connectivity index (χ1) is 17.4. The Labute approximate surface area is 213 Å². The van der Waals surface area contributed by atoms with Crippen molar-refractivity contribution >= 4 is 32.9 Å². The van der Waals surface area contributed by atoms with Crippen LogP contribution in [0.4, 0.5) is 22.7 Å². The molecule has 0 fully saturated rings. The van der Waals surface area contributed by atoms with Crippen molar-refractivity contribution < 1.29 is 13.0 Å². The minimum atomic E-state index is -4.27. The Morgan fingerprint density at radius 3 is 1.00 bits per heavy atom. The van der Waals surface area contributed by atoms with Gasteiger partial charge >= 0.3 is 0 Å². The van der Waals surface area contributed by atoms with Gasteiger partial charge in [0.15, 0.2) is 0 Å². The van der Waals surface area contributed by atoms with E-state index in [1.165, 1.54) is 34.9 Å². The lowest BCUT2D eigenvalue weighted by molar-refractivity contribution is 0.463. The summed E-state index contributed by atoms with van der Waals surface area (Å²) in [4.78, 5) is -0.178. The van der Waals surface area contributed by atoms with Gasteiger partial charge in [0.1, 0.15) is 32.9 Å². The molecule has 0 aliphatic rings. The fourth-order valence-electron chi connectivity index (χ4n) is 4.21. The topological polar surface area (TPSA) is 57.2 Å². The Kier molecular flexibility index (Phi) is 7.76. The SMILES string of the molecule is Cc1ccc(S(=O)(=O)[O-])cc1.c1ccc([N+](c2ccccc2)(c2ccccc2)c2ccccc2)cc1. The first kappa shape index (κ1) is 25.1. The average molecular weight is 494 g/mol. The molecule has 5 heteroatoms. The summed E-state index contributed by atoms with van der Waals surface area (Å²) >= 11 is 0. The molecule has 0 radical (unpaired) electrons. The summed E-state index contributed by atoms with van der Waals surface area (Å²) < 4.78 is 31.7. The van der Waals surface area contributed by atoms with E-state index in [2.05, 4.69) is 121 Å². The van der Waals surface area contributed by atoms with Gasteiger partial charge in [-0.05, 0) is 19.1 Å². The molecule has 0 aromatic heterocycles. The van der Waals surface area contributed by atoms with E-state index >= 15 is 0 Å². The summed E-state index contributed by atoms with van der Waals surface area (Å²) in [6.07, 6.45) is 0. The van der Waals surface area contributed by atoms with Gasteiger partial charge in [-0.2, -0.15) is 4.48 Å². The molecule has 0 bridgehead atoms. The molecule has 0 aliphatic carbocycles. The minimum Gasteiger partial charge on any atom is -0.744 e. The van der Waals surface area contributed by atoms with E-state index in [1.54, 1.807) is 12.1 Å². The van der Waals surface area contributed by atoms with E-state index in [1.807, 2.05) is 6.92 Å². The summed E-state index contributed by atoms with van der Waals surface area (Å²) in [7, 11) is -4.27. The quantitative estimate of drug-likeness (QED) is 0.185. The van der Waals surface area contributed by atoms with Crippen LogP contribution < -0.4 is 4.48 Å². The highest BCUT2D eigenvalue weighted by Crippen LogP contribution is 2.50. The first-order valence-electron chi connectivity index (χ1n) is 11.6. The molecular weight excluding hydrogens is 466 g/mol. The van der Waals surface area contributed by atoms with Crippen molar-refractivity contribution in [1.29, 1.82) is 0 Å². The fourth-order valence-corrected chi connectivity index (χ4v) is 4.68. The molecule has 0 saturated heterocycles. The largest absolute Gasteiger partial charge is 0.744 e. The number of hydrogen-bond donors (Lipinski definition) is 0. The predicted octanol–water partition coefficient (Wildman–Crippen LogP) is 7.89. The molecule has 0 spiro atoms. The van der Waals surface area contributed by atoms with Gasteiger partial charge in [-0.3, -0.25) is 0 Å². The molecule has 0 unspecified atom stereocenters. The summed E-state index contributed by atoms with van der Waals surface area (Å²) in [5.41, 5.74) is 5.78. The van der Waals surface area contributed by atoms with Gasteiger partial charge in [0.2, 0.25) is 0 Å². The molecular formula is C31H27NO3S. The van der Waals surface area contributed by atoms with Crippen molar-refractivity contribution in [3.8, 4) is 0 Å². The average Bonchev–Trinajstić information content (AvgIpc) is 2.92.